The summed E-state index contributed by atoms with van der Waals surface area (Å²) in [6.07, 6.45) is 0.998. The van der Waals surface area contributed by atoms with Crippen LogP contribution in [0.15, 0.2) is 29.3 Å². The summed E-state index contributed by atoms with van der Waals surface area (Å²) in [5, 5.41) is 6.80. The smallest absolute Gasteiger partial charge is 0.191 e. The van der Waals surface area contributed by atoms with E-state index in [9.17, 15) is 0 Å². The van der Waals surface area contributed by atoms with Crippen LogP contribution >= 0.6 is 24.0 Å². The van der Waals surface area contributed by atoms with E-state index >= 15 is 0 Å². The second kappa shape index (κ2) is 11.8. The maximum absolute atomic E-state index is 5.46. The molecule has 0 amide bonds. The average Bonchev–Trinajstić information content (AvgIpc) is 2.62. The molecule has 0 atom stereocenters. The van der Waals surface area contributed by atoms with Crippen molar-refractivity contribution in [1.29, 1.82) is 0 Å². The molecule has 0 bridgehead atoms. The van der Waals surface area contributed by atoms with Gasteiger partial charge in [0, 0.05) is 31.7 Å². The van der Waals surface area contributed by atoms with Gasteiger partial charge in [-0.05, 0) is 39.7 Å². The van der Waals surface area contributed by atoms with Crippen LogP contribution in [-0.2, 0) is 11.2 Å². The van der Waals surface area contributed by atoms with Crippen LogP contribution in [0.4, 0.5) is 0 Å². The highest BCUT2D eigenvalue weighted by atomic mass is 127. The molecular formula is C20H35IN4O. The zero-order chi connectivity index (χ0) is 18.1. The summed E-state index contributed by atoms with van der Waals surface area (Å²) < 4.78 is 5.46. The van der Waals surface area contributed by atoms with Crippen LogP contribution in [0.1, 0.15) is 31.9 Å². The van der Waals surface area contributed by atoms with Gasteiger partial charge in [0.05, 0.1) is 19.8 Å². The van der Waals surface area contributed by atoms with E-state index in [2.05, 4.69) is 67.5 Å². The number of morpholine rings is 1. The number of benzene rings is 1. The van der Waals surface area contributed by atoms with Crippen molar-refractivity contribution in [3.8, 4) is 0 Å². The lowest BCUT2D eigenvalue weighted by molar-refractivity contribution is -0.00683. The lowest BCUT2D eigenvalue weighted by Crippen LogP contribution is -2.52. The molecule has 0 spiro atoms. The monoisotopic (exact) mass is 474 g/mol. The summed E-state index contributed by atoms with van der Waals surface area (Å²) in [6, 6.07) is 8.73. The summed E-state index contributed by atoms with van der Waals surface area (Å²) in [6.45, 7) is 14.9. The van der Waals surface area contributed by atoms with Gasteiger partial charge in [0.15, 0.2) is 5.96 Å². The maximum atomic E-state index is 5.46. The van der Waals surface area contributed by atoms with Crippen molar-refractivity contribution < 1.29 is 4.74 Å². The zero-order valence-electron chi connectivity index (χ0n) is 16.7. The standard InChI is InChI=1S/C20H34N4O.HI/c1-5-21-19(22-11-10-18-8-6-17(2)7-9-18)23-16-20(3,4)24-12-14-25-15-13-24;/h6-9H,5,10-16H2,1-4H3,(H2,21,22,23);1H. The van der Waals surface area contributed by atoms with Gasteiger partial charge in [0.2, 0.25) is 0 Å². The Morgan fingerprint density at radius 1 is 1.15 bits per heavy atom. The summed E-state index contributed by atoms with van der Waals surface area (Å²) >= 11 is 0. The van der Waals surface area contributed by atoms with E-state index in [-0.39, 0.29) is 29.5 Å². The first-order valence-electron chi connectivity index (χ1n) is 9.42. The van der Waals surface area contributed by atoms with Crippen molar-refractivity contribution in [3.63, 3.8) is 0 Å². The number of hydrogen-bond acceptors (Lipinski definition) is 3. The Labute approximate surface area is 176 Å². The first kappa shape index (κ1) is 23.2. The number of nitrogens with one attached hydrogen (secondary N) is 2. The molecule has 0 aliphatic carbocycles. The summed E-state index contributed by atoms with van der Waals surface area (Å²) in [4.78, 5) is 7.29. The Morgan fingerprint density at radius 2 is 1.81 bits per heavy atom. The van der Waals surface area contributed by atoms with Gasteiger partial charge in [-0.2, -0.15) is 0 Å². The van der Waals surface area contributed by atoms with E-state index in [0.717, 1.165) is 58.3 Å². The van der Waals surface area contributed by atoms with Gasteiger partial charge < -0.3 is 15.4 Å². The molecule has 6 heteroatoms. The molecule has 1 aliphatic heterocycles. The van der Waals surface area contributed by atoms with Gasteiger partial charge in [-0.25, -0.2) is 0 Å². The third kappa shape index (κ3) is 7.80. The molecule has 0 unspecified atom stereocenters. The number of aryl methyl sites for hydroxylation is 1. The fraction of sp³-hybridized carbons (Fsp3) is 0.650. The molecule has 0 saturated carbocycles. The second-order valence-electron chi connectivity index (χ2n) is 7.27. The Kier molecular flexibility index (Phi) is 10.5. The Hall–Kier alpha value is -0.860. The number of rotatable bonds is 7. The largest absolute Gasteiger partial charge is 0.379 e. The Balaban J connectivity index is 0.00000338. The normalized spacial score (nSPS) is 16.1. The zero-order valence-corrected chi connectivity index (χ0v) is 19.0. The predicted molar refractivity (Wildman–Crippen MR) is 121 cm³/mol. The highest BCUT2D eigenvalue weighted by Gasteiger charge is 2.28. The first-order valence-corrected chi connectivity index (χ1v) is 9.42. The highest BCUT2D eigenvalue weighted by Crippen LogP contribution is 2.16. The van der Waals surface area contributed by atoms with Crippen molar-refractivity contribution in [2.24, 2.45) is 4.99 Å². The van der Waals surface area contributed by atoms with Crippen molar-refractivity contribution in [2.75, 3.05) is 45.9 Å². The molecule has 1 aliphatic rings. The second-order valence-corrected chi connectivity index (χ2v) is 7.27. The van der Waals surface area contributed by atoms with Crippen LogP contribution in [0.3, 0.4) is 0 Å². The predicted octanol–water partition coefficient (Wildman–Crippen LogP) is 2.82. The molecule has 1 heterocycles. The molecule has 2 rings (SSSR count). The van der Waals surface area contributed by atoms with Gasteiger partial charge in [-0.3, -0.25) is 9.89 Å². The SMILES string of the molecule is CCNC(=NCC(C)(C)N1CCOCC1)NCCc1ccc(C)cc1.I. The fourth-order valence-electron chi connectivity index (χ4n) is 2.96. The molecule has 2 N–H and O–H groups in total. The fourth-order valence-corrected chi connectivity index (χ4v) is 2.96. The molecular weight excluding hydrogens is 439 g/mol. The number of guanidine groups is 1. The van der Waals surface area contributed by atoms with E-state index in [1.54, 1.807) is 0 Å². The van der Waals surface area contributed by atoms with E-state index in [4.69, 9.17) is 9.73 Å². The van der Waals surface area contributed by atoms with E-state index in [0.29, 0.717) is 0 Å². The molecule has 1 aromatic rings. The number of hydrogen-bond donors (Lipinski definition) is 2. The topological polar surface area (TPSA) is 48.9 Å². The van der Waals surface area contributed by atoms with Crippen LogP contribution < -0.4 is 10.6 Å². The minimum Gasteiger partial charge on any atom is -0.379 e. The van der Waals surface area contributed by atoms with E-state index in [1.165, 1.54) is 11.1 Å². The minimum atomic E-state index is 0. The molecule has 5 nitrogen and oxygen atoms in total. The third-order valence-corrected chi connectivity index (χ3v) is 4.66. The lowest BCUT2D eigenvalue weighted by atomic mass is 10.0. The van der Waals surface area contributed by atoms with Crippen molar-refractivity contribution in [1.82, 2.24) is 15.5 Å². The van der Waals surface area contributed by atoms with Crippen LogP contribution in [0, 0.1) is 6.92 Å². The number of halogens is 1. The molecule has 1 fully saturated rings. The van der Waals surface area contributed by atoms with Gasteiger partial charge in [-0.15, -0.1) is 24.0 Å². The van der Waals surface area contributed by atoms with Crippen LogP contribution in [-0.4, -0.2) is 62.3 Å². The van der Waals surface area contributed by atoms with Crippen LogP contribution in [0.2, 0.25) is 0 Å². The lowest BCUT2D eigenvalue weighted by Gasteiger charge is -2.39. The number of ether oxygens (including phenoxy) is 1. The van der Waals surface area contributed by atoms with Crippen molar-refractivity contribution >= 4 is 29.9 Å². The van der Waals surface area contributed by atoms with Gasteiger partial charge in [0.25, 0.3) is 0 Å². The Morgan fingerprint density at radius 3 is 2.42 bits per heavy atom. The van der Waals surface area contributed by atoms with Crippen LogP contribution in [0.5, 0.6) is 0 Å². The van der Waals surface area contributed by atoms with E-state index < -0.39 is 0 Å². The molecule has 1 saturated heterocycles. The molecule has 0 radical (unpaired) electrons. The third-order valence-electron chi connectivity index (χ3n) is 4.66. The van der Waals surface area contributed by atoms with Crippen LogP contribution in [0.25, 0.3) is 0 Å². The maximum Gasteiger partial charge on any atom is 0.191 e. The minimum absolute atomic E-state index is 0. The summed E-state index contributed by atoms with van der Waals surface area (Å²) in [7, 11) is 0. The average molecular weight is 474 g/mol. The van der Waals surface area contributed by atoms with Gasteiger partial charge >= 0.3 is 0 Å². The van der Waals surface area contributed by atoms with Crippen molar-refractivity contribution in [3.05, 3.63) is 35.4 Å². The quantitative estimate of drug-likeness (QED) is 0.363. The van der Waals surface area contributed by atoms with Crippen molar-refractivity contribution in [2.45, 2.75) is 39.7 Å². The highest BCUT2D eigenvalue weighted by molar-refractivity contribution is 14.0. The number of aliphatic imine (C=N–C) groups is 1. The van der Waals surface area contributed by atoms with E-state index in [1.807, 2.05) is 0 Å². The number of nitrogens with zero attached hydrogens (tertiary/aromatic N) is 2. The summed E-state index contributed by atoms with van der Waals surface area (Å²) in [5.74, 6) is 0.899. The first-order chi connectivity index (χ1) is 12.0. The molecule has 1 aromatic carbocycles. The molecule has 26 heavy (non-hydrogen) atoms. The van der Waals surface area contributed by atoms with Gasteiger partial charge in [0.1, 0.15) is 0 Å². The molecule has 0 aromatic heterocycles. The molecule has 148 valence electrons. The van der Waals surface area contributed by atoms with Gasteiger partial charge in [-0.1, -0.05) is 29.8 Å². The summed E-state index contributed by atoms with van der Waals surface area (Å²) in [5.41, 5.74) is 2.70. The Bertz CT molecular complexity index is 539.